The molecule has 0 aromatic heterocycles. The number of anilines is 1. The smallest absolute Gasteiger partial charge is 0.265 e. The fourth-order valence-electron chi connectivity index (χ4n) is 2.18. The molecule has 1 aromatic carbocycles. The van der Waals surface area contributed by atoms with Crippen LogP contribution in [0, 0.1) is 19.8 Å². The van der Waals surface area contributed by atoms with Gasteiger partial charge in [-0.05, 0) is 37.5 Å². The fraction of sp³-hybridized carbons (Fsp3) is 0.500. The van der Waals surface area contributed by atoms with Gasteiger partial charge in [-0.15, -0.1) is 0 Å². The number of hydrogen-bond acceptors (Lipinski definition) is 2. The zero-order valence-corrected chi connectivity index (χ0v) is 10.8. The van der Waals surface area contributed by atoms with E-state index >= 15 is 0 Å². The van der Waals surface area contributed by atoms with Gasteiger partial charge in [0, 0.05) is 5.92 Å². The van der Waals surface area contributed by atoms with E-state index in [4.69, 9.17) is 4.74 Å². The molecule has 0 saturated carbocycles. The predicted molar refractivity (Wildman–Crippen MR) is 68.4 cm³/mol. The molecule has 1 heterocycles. The molecule has 0 spiro atoms. The van der Waals surface area contributed by atoms with Gasteiger partial charge < -0.3 is 10.1 Å². The molecule has 1 amide bonds. The Balaban J connectivity index is 2.37. The number of benzene rings is 1. The molecule has 3 nitrogen and oxygen atoms in total. The van der Waals surface area contributed by atoms with Crippen LogP contribution in [0.2, 0.25) is 0 Å². The van der Waals surface area contributed by atoms with E-state index in [1.165, 1.54) is 0 Å². The third-order valence-electron chi connectivity index (χ3n) is 3.34. The summed E-state index contributed by atoms with van der Waals surface area (Å²) in [5, 5.41) is 2.94. The molecule has 1 unspecified atom stereocenters. The first-order valence-electron chi connectivity index (χ1n) is 6.11. The Hall–Kier alpha value is -1.51. The number of fused-ring (bicyclic) bond motifs is 1. The van der Waals surface area contributed by atoms with Crippen LogP contribution in [-0.2, 0) is 4.79 Å². The molecule has 1 aromatic rings. The minimum absolute atomic E-state index is 0.0307. The summed E-state index contributed by atoms with van der Waals surface area (Å²) in [7, 11) is 0. The molecule has 0 saturated heterocycles. The third-order valence-corrected chi connectivity index (χ3v) is 3.34. The van der Waals surface area contributed by atoms with E-state index < -0.39 is 0 Å². The number of ether oxygens (including phenoxy) is 1. The van der Waals surface area contributed by atoms with Crippen molar-refractivity contribution in [3.8, 4) is 5.75 Å². The molecular weight excluding hydrogens is 214 g/mol. The van der Waals surface area contributed by atoms with Gasteiger partial charge in [0.15, 0.2) is 6.10 Å². The second-order valence-electron chi connectivity index (χ2n) is 4.87. The topological polar surface area (TPSA) is 38.3 Å². The van der Waals surface area contributed by atoms with Crippen LogP contribution in [0.1, 0.15) is 31.4 Å². The number of carbonyl (C=O) groups excluding carboxylic acids is 1. The van der Waals surface area contributed by atoms with Crippen molar-refractivity contribution in [2.75, 3.05) is 5.32 Å². The summed E-state index contributed by atoms with van der Waals surface area (Å²) in [6.45, 7) is 8.13. The first-order valence-corrected chi connectivity index (χ1v) is 6.11. The highest BCUT2D eigenvalue weighted by Crippen LogP contribution is 2.35. The second-order valence-corrected chi connectivity index (χ2v) is 4.87. The standard InChI is InChI=1S/C14H19NO2/c1-5-9(3)13-14(16)15-11-7-8(2)6-10(4)12(11)17-13/h6-7,9,13H,5H2,1-4H3,(H,15,16)/t9-,13?/m0/s1. The van der Waals surface area contributed by atoms with Crippen molar-refractivity contribution in [2.24, 2.45) is 5.92 Å². The molecule has 0 aliphatic carbocycles. The number of rotatable bonds is 2. The minimum Gasteiger partial charge on any atom is -0.478 e. The number of carbonyl (C=O) groups is 1. The van der Waals surface area contributed by atoms with Crippen LogP contribution < -0.4 is 10.1 Å². The van der Waals surface area contributed by atoms with Crippen LogP contribution in [0.25, 0.3) is 0 Å². The van der Waals surface area contributed by atoms with E-state index in [2.05, 4.69) is 18.3 Å². The quantitative estimate of drug-likeness (QED) is 0.852. The molecule has 2 atom stereocenters. The van der Waals surface area contributed by atoms with Gasteiger partial charge in [0.05, 0.1) is 5.69 Å². The first kappa shape index (κ1) is 12.0. The molecule has 0 bridgehead atoms. The summed E-state index contributed by atoms with van der Waals surface area (Å²) in [6.07, 6.45) is 0.562. The summed E-state index contributed by atoms with van der Waals surface area (Å²) >= 11 is 0. The van der Waals surface area contributed by atoms with Crippen LogP contribution in [0.4, 0.5) is 5.69 Å². The van der Waals surface area contributed by atoms with E-state index in [1.807, 2.05) is 26.8 Å². The molecule has 1 aliphatic rings. The summed E-state index contributed by atoms with van der Waals surface area (Å²) in [5.41, 5.74) is 3.01. The van der Waals surface area contributed by atoms with Crippen molar-refractivity contribution in [3.63, 3.8) is 0 Å². The molecule has 0 radical (unpaired) electrons. The number of amides is 1. The van der Waals surface area contributed by atoms with E-state index in [0.29, 0.717) is 0 Å². The van der Waals surface area contributed by atoms with Gasteiger partial charge >= 0.3 is 0 Å². The maximum atomic E-state index is 11.9. The lowest BCUT2D eigenvalue weighted by Crippen LogP contribution is -2.41. The van der Waals surface area contributed by atoms with Gasteiger partial charge in [-0.3, -0.25) is 4.79 Å². The fourth-order valence-corrected chi connectivity index (χ4v) is 2.18. The lowest BCUT2D eigenvalue weighted by molar-refractivity contribution is -0.125. The highest BCUT2D eigenvalue weighted by atomic mass is 16.5. The number of aryl methyl sites for hydroxylation is 2. The largest absolute Gasteiger partial charge is 0.478 e. The highest BCUT2D eigenvalue weighted by Gasteiger charge is 2.32. The number of nitrogens with one attached hydrogen (secondary N) is 1. The monoisotopic (exact) mass is 233 g/mol. The Morgan fingerprint density at radius 1 is 1.41 bits per heavy atom. The maximum absolute atomic E-state index is 11.9. The second kappa shape index (κ2) is 4.40. The SMILES string of the molecule is CC[C@H](C)C1Oc2c(C)cc(C)cc2NC1=O. The predicted octanol–water partition coefficient (Wildman–Crippen LogP) is 3.05. The molecule has 2 rings (SSSR count). The number of hydrogen-bond donors (Lipinski definition) is 1. The van der Waals surface area contributed by atoms with Gasteiger partial charge in [-0.25, -0.2) is 0 Å². The Labute approximate surface area is 102 Å². The highest BCUT2D eigenvalue weighted by molar-refractivity contribution is 5.98. The zero-order chi connectivity index (χ0) is 12.6. The maximum Gasteiger partial charge on any atom is 0.265 e. The van der Waals surface area contributed by atoms with Gasteiger partial charge in [-0.2, -0.15) is 0 Å². The molecule has 1 N–H and O–H groups in total. The lowest BCUT2D eigenvalue weighted by atomic mass is 9.98. The summed E-state index contributed by atoms with van der Waals surface area (Å²) in [6, 6.07) is 4.02. The molecular formula is C14H19NO2. The average Bonchev–Trinajstić information content (AvgIpc) is 2.27. The Morgan fingerprint density at radius 2 is 2.12 bits per heavy atom. The van der Waals surface area contributed by atoms with Crippen molar-refractivity contribution in [3.05, 3.63) is 23.3 Å². The Morgan fingerprint density at radius 3 is 2.76 bits per heavy atom. The molecule has 1 aliphatic heterocycles. The van der Waals surface area contributed by atoms with E-state index in [-0.39, 0.29) is 17.9 Å². The minimum atomic E-state index is -0.367. The summed E-state index contributed by atoms with van der Waals surface area (Å²) in [5.74, 6) is 1.02. The zero-order valence-electron chi connectivity index (χ0n) is 10.8. The summed E-state index contributed by atoms with van der Waals surface area (Å²) < 4.78 is 5.87. The lowest BCUT2D eigenvalue weighted by Gasteiger charge is -2.30. The van der Waals surface area contributed by atoms with Gasteiger partial charge in [0.25, 0.3) is 5.91 Å². The Bertz CT molecular complexity index is 454. The van der Waals surface area contributed by atoms with Crippen molar-refractivity contribution in [1.82, 2.24) is 0 Å². The molecule has 92 valence electrons. The van der Waals surface area contributed by atoms with Gasteiger partial charge in [0.1, 0.15) is 5.75 Å². The average molecular weight is 233 g/mol. The van der Waals surface area contributed by atoms with E-state index in [9.17, 15) is 4.79 Å². The molecule has 0 fully saturated rings. The van der Waals surface area contributed by atoms with Crippen molar-refractivity contribution in [1.29, 1.82) is 0 Å². The van der Waals surface area contributed by atoms with E-state index in [0.717, 1.165) is 29.0 Å². The van der Waals surface area contributed by atoms with Crippen LogP contribution in [0.5, 0.6) is 5.75 Å². The normalized spacial score (nSPS) is 20.2. The van der Waals surface area contributed by atoms with Crippen LogP contribution in [0.15, 0.2) is 12.1 Å². The van der Waals surface area contributed by atoms with E-state index in [1.54, 1.807) is 0 Å². The van der Waals surface area contributed by atoms with Crippen molar-refractivity contribution >= 4 is 11.6 Å². The van der Waals surface area contributed by atoms with Crippen molar-refractivity contribution in [2.45, 2.75) is 40.2 Å². The van der Waals surface area contributed by atoms with Gasteiger partial charge in [0.2, 0.25) is 0 Å². The first-order chi connectivity index (χ1) is 8.02. The van der Waals surface area contributed by atoms with Gasteiger partial charge in [-0.1, -0.05) is 19.9 Å². The van der Waals surface area contributed by atoms with Crippen LogP contribution >= 0.6 is 0 Å². The Kier molecular flexibility index (Phi) is 3.09. The third kappa shape index (κ3) is 2.14. The van der Waals surface area contributed by atoms with Crippen molar-refractivity contribution < 1.29 is 9.53 Å². The van der Waals surface area contributed by atoms with Crippen LogP contribution in [-0.4, -0.2) is 12.0 Å². The summed E-state index contributed by atoms with van der Waals surface area (Å²) in [4.78, 5) is 11.9. The molecule has 3 heteroatoms. The van der Waals surface area contributed by atoms with Crippen LogP contribution in [0.3, 0.4) is 0 Å². The molecule has 17 heavy (non-hydrogen) atoms.